The van der Waals surface area contributed by atoms with Gasteiger partial charge < -0.3 is 4.42 Å². The number of hydrogen-bond donors (Lipinski definition) is 0. The molecular formula is C43H29N3O. The Morgan fingerprint density at radius 2 is 1.23 bits per heavy atom. The molecule has 4 nitrogen and oxygen atoms in total. The first kappa shape index (κ1) is 26.2. The first-order valence-electron chi connectivity index (χ1n) is 16.1. The van der Waals surface area contributed by atoms with E-state index >= 15 is 0 Å². The molecule has 0 saturated carbocycles. The molecule has 3 heterocycles. The van der Waals surface area contributed by atoms with Gasteiger partial charge in [-0.1, -0.05) is 117 Å². The second-order valence-electron chi connectivity index (χ2n) is 13.0. The summed E-state index contributed by atoms with van der Waals surface area (Å²) in [5, 5.41) is 4.58. The Morgan fingerprint density at radius 3 is 2.11 bits per heavy atom. The highest BCUT2D eigenvalue weighted by Gasteiger charge is 2.38. The third-order valence-corrected chi connectivity index (χ3v) is 10.0. The van der Waals surface area contributed by atoms with Gasteiger partial charge in [0.15, 0.2) is 0 Å². The smallest absolute Gasteiger partial charge is 0.235 e. The molecule has 10 rings (SSSR count). The topological polar surface area (TPSA) is 43.9 Å². The number of hydrogen-bond acceptors (Lipinski definition) is 3. The van der Waals surface area contributed by atoms with Crippen LogP contribution in [0.1, 0.15) is 25.0 Å². The molecule has 0 saturated heterocycles. The zero-order chi connectivity index (χ0) is 31.3. The quantitative estimate of drug-likeness (QED) is 0.202. The lowest BCUT2D eigenvalue weighted by molar-refractivity contribution is 0.663. The Kier molecular flexibility index (Phi) is 5.31. The van der Waals surface area contributed by atoms with Crippen molar-refractivity contribution in [3.05, 3.63) is 151 Å². The molecule has 4 heteroatoms. The van der Waals surface area contributed by atoms with E-state index in [1.54, 1.807) is 0 Å². The Hall–Kier alpha value is -6.00. The molecule has 0 aliphatic heterocycles. The highest BCUT2D eigenvalue weighted by Crippen LogP contribution is 2.52. The van der Waals surface area contributed by atoms with Crippen molar-refractivity contribution in [3.63, 3.8) is 0 Å². The molecule has 0 fully saturated rings. The van der Waals surface area contributed by atoms with Crippen molar-refractivity contribution in [3.8, 4) is 39.6 Å². The molecule has 1 aliphatic carbocycles. The number of furan rings is 1. The molecule has 6 aromatic carbocycles. The molecule has 0 spiro atoms. The molecular weight excluding hydrogens is 574 g/mol. The third-order valence-electron chi connectivity index (χ3n) is 10.0. The van der Waals surface area contributed by atoms with Gasteiger partial charge in [0.2, 0.25) is 5.95 Å². The predicted molar refractivity (Wildman–Crippen MR) is 192 cm³/mol. The zero-order valence-electron chi connectivity index (χ0n) is 26.0. The number of aromatic nitrogens is 3. The lowest BCUT2D eigenvalue weighted by Gasteiger charge is -2.23. The maximum atomic E-state index is 6.17. The molecule has 3 aromatic heterocycles. The maximum absolute atomic E-state index is 6.17. The minimum atomic E-state index is -0.204. The van der Waals surface area contributed by atoms with Crippen LogP contribution in [0.5, 0.6) is 0 Å². The van der Waals surface area contributed by atoms with Crippen molar-refractivity contribution in [2.75, 3.05) is 0 Å². The van der Waals surface area contributed by atoms with Crippen molar-refractivity contribution in [1.82, 2.24) is 14.5 Å². The van der Waals surface area contributed by atoms with Crippen molar-refractivity contribution in [1.29, 1.82) is 0 Å². The fourth-order valence-electron chi connectivity index (χ4n) is 7.84. The molecule has 0 N–H and O–H groups in total. The van der Waals surface area contributed by atoms with Crippen LogP contribution in [0.25, 0.3) is 83.3 Å². The van der Waals surface area contributed by atoms with E-state index in [0.29, 0.717) is 5.95 Å². The first-order chi connectivity index (χ1) is 23.1. The van der Waals surface area contributed by atoms with Crippen LogP contribution in [0.2, 0.25) is 0 Å². The van der Waals surface area contributed by atoms with E-state index in [-0.39, 0.29) is 5.41 Å². The second kappa shape index (κ2) is 9.51. The average Bonchev–Trinajstić information content (AvgIpc) is 3.74. The van der Waals surface area contributed by atoms with Gasteiger partial charge in [0, 0.05) is 38.1 Å². The summed E-state index contributed by atoms with van der Waals surface area (Å²) < 4.78 is 8.47. The van der Waals surface area contributed by atoms with E-state index in [2.05, 4.69) is 140 Å². The van der Waals surface area contributed by atoms with Gasteiger partial charge >= 0.3 is 0 Å². The molecule has 0 atom stereocenters. The Balaban J connectivity index is 1.30. The largest absolute Gasteiger partial charge is 0.456 e. The van der Waals surface area contributed by atoms with Crippen LogP contribution >= 0.6 is 0 Å². The minimum Gasteiger partial charge on any atom is -0.456 e. The summed E-state index contributed by atoms with van der Waals surface area (Å²) in [6, 6.07) is 49.1. The molecule has 222 valence electrons. The van der Waals surface area contributed by atoms with E-state index < -0.39 is 0 Å². The van der Waals surface area contributed by atoms with Gasteiger partial charge in [-0.05, 0) is 58.7 Å². The average molecular weight is 604 g/mol. The van der Waals surface area contributed by atoms with Crippen molar-refractivity contribution in [2.45, 2.75) is 19.3 Å². The van der Waals surface area contributed by atoms with Gasteiger partial charge in [-0.2, -0.15) is 0 Å². The van der Waals surface area contributed by atoms with Gasteiger partial charge in [0.25, 0.3) is 0 Å². The van der Waals surface area contributed by atoms with E-state index in [4.69, 9.17) is 14.4 Å². The van der Waals surface area contributed by atoms with Crippen LogP contribution in [0.15, 0.2) is 144 Å². The summed E-state index contributed by atoms with van der Waals surface area (Å²) in [4.78, 5) is 10.7. The normalized spacial score (nSPS) is 13.5. The number of fused-ring (bicyclic) bond motifs is 10. The van der Waals surface area contributed by atoms with Crippen LogP contribution in [-0.2, 0) is 5.41 Å². The SMILES string of the molecule is CC1(C)c2ccccc2-c2ccc3c4ccccc4n(-c4nc(-c5ccccc5)cc(-c5ccc6oc7ccccc7c6c5)n4)c3c21. The highest BCUT2D eigenvalue weighted by molar-refractivity contribution is 6.13. The van der Waals surface area contributed by atoms with Gasteiger partial charge in [-0.25, -0.2) is 9.97 Å². The molecule has 0 bridgehead atoms. The molecule has 0 radical (unpaired) electrons. The Bertz CT molecular complexity index is 2710. The van der Waals surface area contributed by atoms with Crippen LogP contribution in [0.3, 0.4) is 0 Å². The number of rotatable bonds is 3. The fourth-order valence-corrected chi connectivity index (χ4v) is 7.84. The molecule has 9 aromatic rings. The summed E-state index contributed by atoms with van der Waals surface area (Å²) in [6.07, 6.45) is 0. The summed E-state index contributed by atoms with van der Waals surface area (Å²) in [6.45, 7) is 4.69. The third kappa shape index (κ3) is 3.70. The lowest BCUT2D eigenvalue weighted by atomic mass is 9.81. The molecule has 0 amide bonds. The van der Waals surface area contributed by atoms with E-state index in [9.17, 15) is 0 Å². The highest BCUT2D eigenvalue weighted by atomic mass is 16.3. The van der Waals surface area contributed by atoms with E-state index in [1.165, 1.54) is 33.0 Å². The lowest BCUT2D eigenvalue weighted by Crippen LogP contribution is -2.17. The minimum absolute atomic E-state index is 0.204. The first-order valence-corrected chi connectivity index (χ1v) is 16.1. The Morgan fingerprint density at radius 1 is 0.532 bits per heavy atom. The fraction of sp³-hybridized carbons (Fsp3) is 0.0698. The van der Waals surface area contributed by atoms with Gasteiger partial charge in [-0.15, -0.1) is 0 Å². The number of benzene rings is 6. The number of para-hydroxylation sites is 2. The van der Waals surface area contributed by atoms with E-state index in [1.807, 2.05) is 18.2 Å². The standard InChI is InChI=1S/C43H29N3O/c1-43(2)34-17-9-6-14-28(34)31-21-22-32-29-15-7-10-18-37(29)46(41(32)40(31)43)42-44-35(26-12-4-3-5-13-26)25-36(45-42)27-20-23-39-33(24-27)30-16-8-11-19-38(30)47-39/h3-25H,1-2H3. The van der Waals surface area contributed by atoms with Crippen LogP contribution in [-0.4, -0.2) is 14.5 Å². The second-order valence-corrected chi connectivity index (χ2v) is 13.0. The summed E-state index contributed by atoms with van der Waals surface area (Å²) in [5.74, 6) is 0.657. The molecule has 0 unspecified atom stereocenters. The van der Waals surface area contributed by atoms with Crippen molar-refractivity contribution >= 4 is 43.7 Å². The van der Waals surface area contributed by atoms with Crippen molar-refractivity contribution in [2.24, 2.45) is 0 Å². The zero-order valence-corrected chi connectivity index (χ0v) is 26.0. The predicted octanol–water partition coefficient (Wildman–Crippen LogP) is 11.1. The van der Waals surface area contributed by atoms with Crippen LogP contribution in [0.4, 0.5) is 0 Å². The monoisotopic (exact) mass is 603 g/mol. The van der Waals surface area contributed by atoms with Crippen molar-refractivity contribution < 1.29 is 4.42 Å². The number of nitrogens with zero attached hydrogens (tertiary/aromatic N) is 3. The van der Waals surface area contributed by atoms with Gasteiger partial charge in [0.05, 0.1) is 22.4 Å². The van der Waals surface area contributed by atoms with Gasteiger partial charge in [0.1, 0.15) is 11.2 Å². The van der Waals surface area contributed by atoms with Crippen LogP contribution in [0, 0.1) is 0 Å². The molecule has 1 aliphatic rings. The maximum Gasteiger partial charge on any atom is 0.235 e. The molecule has 47 heavy (non-hydrogen) atoms. The summed E-state index contributed by atoms with van der Waals surface area (Å²) >= 11 is 0. The van der Waals surface area contributed by atoms with Crippen LogP contribution < -0.4 is 0 Å². The summed E-state index contributed by atoms with van der Waals surface area (Å²) in [7, 11) is 0. The summed E-state index contributed by atoms with van der Waals surface area (Å²) in [5.41, 5.74) is 12.8. The van der Waals surface area contributed by atoms with E-state index in [0.717, 1.165) is 55.5 Å². The Labute approximate surface area is 271 Å². The van der Waals surface area contributed by atoms with Gasteiger partial charge in [-0.3, -0.25) is 4.57 Å².